The van der Waals surface area contributed by atoms with Gasteiger partial charge in [0.2, 0.25) is 0 Å². The summed E-state index contributed by atoms with van der Waals surface area (Å²) in [5.74, 6) is 0.0121. The molecule has 0 fully saturated rings. The molecule has 0 spiro atoms. The van der Waals surface area contributed by atoms with E-state index in [2.05, 4.69) is 20.9 Å². The molecule has 0 radical (unpaired) electrons. The number of aromatic nitrogens is 1. The SMILES string of the molecule is COC(=O)c1cccc(Nc2ccc(NC(=O)Nc3ccccc3)nc2)c1. The van der Waals surface area contributed by atoms with E-state index in [1.54, 1.807) is 48.7 Å². The highest BCUT2D eigenvalue weighted by atomic mass is 16.5. The number of para-hydroxylation sites is 1. The highest BCUT2D eigenvalue weighted by Gasteiger charge is 2.07. The molecular formula is C20H18N4O3. The van der Waals surface area contributed by atoms with Crippen molar-refractivity contribution in [1.29, 1.82) is 0 Å². The van der Waals surface area contributed by atoms with Crippen LogP contribution in [0.4, 0.5) is 27.7 Å². The van der Waals surface area contributed by atoms with Crippen LogP contribution in [0.1, 0.15) is 10.4 Å². The van der Waals surface area contributed by atoms with Crippen LogP contribution >= 0.6 is 0 Å². The predicted molar refractivity (Wildman–Crippen MR) is 104 cm³/mol. The molecule has 0 atom stereocenters. The number of nitrogens with zero attached hydrogens (tertiary/aromatic N) is 1. The second-order valence-corrected chi connectivity index (χ2v) is 5.57. The Bertz CT molecular complexity index is 927. The largest absolute Gasteiger partial charge is 0.465 e. The fourth-order valence-electron chi connectivity index (χ4n) is 2.35. The van der Waals surface area contributed by atoms with Gasteiger partial charge in [0, 0.05) is 11.4 Å². The molecule has 1 aromatic heterocycles. The standard InChI is InChI=1S/C20H18N4O3/c1-27-19(25)14-6-5-9-16(12-14)22-17-10-11-18(21-13-17)24-20(26)23-15-7-3-2-4-8-15/h2-13,22H,1H3,(H2,21,23,24,26). The lowest BCUT2D eigenvalue weighted by Gasteiger charge is -2.09. The number of ether oxygens (including phenoxy) is 1. The molecule has 0 saturated heterocycles. The topological polar surface area (TPSA) is 92.4 Å². The van der Waals surface area contributed by atoms with Crippen molar-refractivity contribution < 1.29 is 14.3 Å². The molecule has 2 aromatic carbocycles. The lowest BCUT2D eigenvalue weighted by molar-refractivity contribution is 0.0601. The molecule has 27 heavy (non-hydrogen) atoms. The Hall–Kier alpha value is -3.87. The lowest BCUT2D eigenvalue weighted by Crippen LogP contribution is -2.19. The van der Waals surface area contributed by atoms with E-state index in [0.717, 1.165) is 5.69 Å². The van der Waals surface area contributed by atoms with Gasteiger partial charge in [-0.2, -0.15) is 0 Å². The van der Waals surface area contributed by atoms with Crippen molar-refractivity contribution in [1.82, 2.24) is 4.98 Å². The first-order valence-electron chi connectivity index (χ1n) is 8.18. The van der Waals surface area contributed by atoms with E-state index >= 15 is 0 Å². The van der Waals surface area contributed by atoms with Gasteiger partial charge >= 0.3 is 12.0 Å². The average Bonchev–Trinajstić information content (AvgIpc) is 2.70. The normalized spacial score (nSPS) is 9.96. The first kappa shape index (κ1) is 17.9. The number of pyridine rings is 1. The number of hydrogen-bond acceptors (Lipinski definition) is 5. The molecule has 3 N–H and O–H groups in total. The van der Waals surface area contributed by atoms with Gasteiger partial charge in [-0.05, 0) is 42.5 Å². The van der Waals surface area contributed by atoms with E-state index in [9.17, 15) is 9.59 Å². The van der Waals surface area contributed by atoms with Gasteiger partial charge in [-0.1, -0.05) is 24.3 Å². The minimum atomic E-state index is -0.402. The predicted octanol–water partition coefficient (Wildman–Crippen LogP) is 4.26. The molecule has 0 aliphatic carbocycles. The Morgan fingerprint density at radius 3 is 2.33 bits per heavy atom. The maximum absolute atomic E-state index is 12.0. The third-order valence-electron chi connectivity index (χ3n) is 3.61. The summed E-state index contributed by atoms with van der Waals surface area (Å²) < 4.78 is 4.71. The van der Waals surface area contributed by atoms with Crippen LogP contribution in [0.2, 0.25) is 0 Å². The molecule has 0 saturated carbocycles. The van der Waals surface area contributed by atoms with Gasteiger partial charge in [-0.3, -0.25) is 5.32 Å². The third-order valence-corrected chi connectivity index (χ3v) is 3.61. The van der Waals surface area contributed by atoms with Gasteiger partial charge < -0.3 is 15.4 Å². The zero-order valence-corrected chi connectivity index (χ0v) is 14.6. The van der Waals surface area contributed by atoms with Gasteiger partial charge in [-0.25, -0.2) is 14.6 Å². The number of nitrogens with one attached hydrogen (secondary N) is 3. The second kappa shape index (κ2) is 8.48. The first-order valence-corrected chi connectivity index (χ1v) is 8.18. The van der Waals surface area contributed by atoms with Crippen LogP contribution in [0, 0.1) is 0 Å². The minimum Gasteiger partial charge on any atom is -0.465 e. The number of esters is 1. The van der Waals surface area contributed by atoms with Gasteiger partial charge in [0.25, 0.3) is 0 Å². The number of rotatable bonds is 5. The summed E-state index contributed by atoms with van der Waals surface area (Å²) in [6.07, 6.45) is 1.59. The molecular weight excluding hydrogens is 344 g/mol. The van der Waals surface area contributed by atoms with Gasteiger partial charge in [-0.15, -0.1) is 0 Å². The number of carbonyl (C=O) groups excluding carboxylic acids is 2. The van der Waals surface area contributed by atoms with Gasteiger partial charge in [0.05, 0.1) is 24.6 Å². The Morgan fingerprint density at radius 2 is 1.63 bits per heavy atom. The monoisotopic (exact) mass is 362 g/mol. The summed E-state index contributed by atoms with van der Waals surface area (Å²) in [6.45, 7) is 0. The maximum Gasteiger partial charge on any atom is 0.337 e. The summed E-state index contributed by atoms with van der Waals surface area (Å²) in [4.78, 5) is 27.8. The van der Waals surface area contributed by atoms with Crippen molar-refractivity contribution in [3.8, 4) is 0 Å². The lowest BCUT2D eigenvalue weighted by atomic mass is 10.2. The number of anilines is 4. The number of methoxy groups -OCH3 is 1. The number of amides is 2. The van der Waals surface area contributed by atoms with Crippen molar-refractivity contribution in [2.24, 2.45) is 0 Å². The molecule has 0 bridgehead atoms. The highest BCUT2D eigenvalue weighted by molar-refractivity contribution is 5.99. The van der Waals surface area contributed by atoms with Crippen LogP contribution in [0.15, 0.2) is 72.9 Å². The summed E-state index contributed by atoms with van der Waals surface area (Å²) in [5.41, 5.74) is 2.58. The van der Waals surface area contributed by atoms with Gasteiger partial charge in [0.1, 0.15) is 5.82 Å². The Labute approximate surface area is 156 Å². The zero-order chi connectivity index (χ0) is 19.1. The summed E-state index contributed by atoms with van der Waals surface area (Å²) in [6, 6.07) is 19.2. The molecule has 3 rings (SSSR count). The fourth-order valence-corrected chi connectivity index (χ4v) is 2.35. The van der Waals surface area contributed by atoms with Crippen LogP contribution < -0.4 is 16.0 Å². The van der Waals surface area contributed by atoms with Crippen molar-refractivity contribution in [2.45, 2.75) is 0 Å². The summed E-state index contributed by atoms with van der Waals surface area (Å²) in [7, 11) is 1.34. The molecule has 1 heterocycles. The molecule has 0 aliphatic heterocycles. The van der Waals surface area contributed by atoms with E-state index < -0.39 is 5.97 Å². The van der Waals surface area contributed by atoms with E-state index in [1.165, 1.54) is 7.11 Å². The van der Waals surface area contributed by atoms with Crippen LogP contribution in [0.25, 0.3) is 0 Å². The molecule has 136 valence electrons. The smallest absolute Gasteiger partial charge is 0.337 e. The number of hydrogen-bond donors (Lipinski definition) is 3. The average molecular weight is 362 g/mol. The molecule has 7 heteroatoms. The van der Waals surface area contributed by atoms with Gasteiger partial charge in [0.15, 0.2) is 0 Å². The number of benzene rings is 2. The second-order valence-electron chi connectivity index (χ2n) is 5.57. The van der Waals surface area contributed by atoms with Crippen LogP contribution in [0.5, 0.6) is 0 Å². The molecule has 0 aliphatic rings. The molecule has 2 amide bonds. The van der Waals surface area contributed by atoms with Crippen molar-refractivity contribution >= 4 is 34.9 Å². The molecule has 0 unspecified atom stereocenters. The van der Waals surface area contributed by atoms with Crippen molar-refractivity contribution in [3.05, 3.63) is 78.5 Å². The van der Waals surface area contributed by atoms with E-state index in [0.29, 0.717) is 22.8 Å². The highest BCUT2D eigenvalue weighted by Crippen LogP contribution is 2.19. The quantitative estimate of drug-likeness (QED) is 0.590. The van der Waals surface area contributed by atoms with Crippen LogP contribution in [0.3, 0.4) is 0 Å². The summed E-state index contributed by atoms with van der Waals surface area (Å²) in [5, 5.41) is 8.53. The number of urea groups is 1. The Balaban J connectivity index is 1.60. The van der Waals surface area contributed by atoms with Crippen LogP contribution in [-0.2, 0) is 4.74 Å². The third kappa shape index (κ3) is 5.05. The van der Waals surface area contributed by atoms with Crippen molar-refractivity contribution in [2.75, 3.05) is 23.1 Å². The fraction of sp³-hybridized carbons (Fsp3) is 0.0500. The van der Waals surface area contributed by atoms with E-state index in [1.807, 2.05) is 24.3 Å². The maximum atomic E-state index is 12.0. The minimum absolute atomic E-state index is 0.375. The Kier molecular flexibility index (Phi) is 5.64. The van der Waals surface area contributed by atoms with E-state index in [-0.39, 0.29) is 6.03 Å². The van der Waals surface area contributed by atoms with E-state index in [4.69, 9.17) is 4.74 Å². The number of carbonyl (C=O) groups is 2. The van der Waals surface area contributed by atoms with Crippen LogP contribution in [-0.4, -0.2) is 24.1 Å². The summed E-state index contributed by atoms with van der Waals surface area (Å²) >= 11 is 0. The first-order chi connectivity index (χ1) is 13.1. The van der Waals surface area contributed by atoms with Crippen molar-refractivity contribution in [3.63, 3.8) is 0 Å². The molecule has 7 nitrogen and oxygen atoms in total. The Morgan fingerprint density at radius 1 is 0.852 bits per heavy atom. The molecule has 3 aromatic rings. The zero-order valence-electron chi connectivity index (χ0n) is 14.6.